The maximum atomic E-state index is 13.9. The van der Waals surface area contributed by atoms with Crippen LogP contribution in [-0.2, 0) is 0 Å². The third kappa shape index (κ3) is 2.00. The Hall–Kier alpha value is -2.21. The summed E-state index contributed by atoms with van der Waals surface area (Å²) in [5.74, 6) is -0.881. The van der Waals surface area contributed by atoms with E-state index in [1.165, 1.54) is 23.5 Å². The summed E-state index contributed by atoms with van der Waals surface area (Å²) < 4.78 is 32.0. The van der Waals surface area contributed by atoms with Crippen LogP contribution in [0.1, 0.15) is 0 Å². The number of aromatic nitrogens is 1. The molecule has 3 nitrogen and oxygen atoms in total. The highest BCUT2D eigenvalue weighted by atomic mass is 32.1. The number of rotatable bonds is 2. The minimum absolute atomic E-state index is 0.0777. The van der Waals surface area contributed by atoms with Crippen LogP contribution in [0.4, 0.5) is 14.6 Å². The topological polar surface area (TPSA) is 52.0 Å². The molecule has 0 aliphatic carbocycles. The minimum atomic E-state index is -0.701. The summed E-state index contributed by atoms with van der Waals surface area (Å²) in [6.45, 7) is 0. The molecular weight excluding hydrogens is 270 g/mol. The molecule has 0 amide bonds. The molecule has 0 atom stereocenters. The van der Waals surface area contributed by atoms with Gasteiger partial charge < -0.3 is 10.3 Å². The van der Waals surface area contributed by atoms with Crippen molar-refractivity contribution >= 4 is 17.2 Å². The largest absolute Gasteiger partial charge is 0.380 e. The lowest BCUT2D eigenvalue weighted by Gasteiger charge is -2.03. The van der Waals surface area contributed by atoms with Gasteiger partial charge in [0.05, 0.1) is 10.4 Å². The fourth-order valence-corrected chi connectivity index (χ4v) is 2.54. The Morgan fingerprint density at radius 2 is 2.05 bits per heavy atom. The van der Waals surface area contributed by atoms with Crippen LogP contribution in [0.5, 0.6) is 0 Å². The van der Waals surface area contributed by atoms with Gasteiger partial charge in [0.2, 0.25) is 0 Å². The number of nitrogen functional groups attached to an aromatic ring is 1. The fraction of sp³-hybridized carbons (Fsp3) is 0. The molecule has 19 heavy (non-hydrogen) atoms. The van der Waals surface area contributed by atoms with Gasteiger partial charge in [-0.25, -0.2) is 8.78 Å². The fourth-order valence-electron chi connectivity index (χ4n) is 1.83. The molecule has 0 saturated heterocycles. The molecule has 0 radical (unpaired) electrons. The van der Waals surface area contributed by atoms with E-state index in [1.807, 2.05) is 17.5 Å². The quantitative estimate of drug-likeness (QED) is 0.772. The molecular formula is C13H8F2N2OS. The van der Waals surface area contributed by atoms with Gasteiger partial charge in [-0.3, -0.25) is 0 Å². The van der Waals surface area contributed by atoms with Gasteiger partial charge in [0.1, 0.15) is 11.6 Å². The Balaban J connectivity index is 2.22. The molecule has 96 valence electrons. The Morgan fingerprint density at radius 1 is 1.21 bits per heavy atom. The van der Waals surface area contributed by atoms with Crippen molar-refractivity contribution < 1.29 is 13.3 Å². The second kappa shape index (κ2) is 4.47. The Bertz CT molecular complexity index is 722. The normalized spacial score (nSPS) is 10.8. The predicted octanol–water partition coefficient (Wildman–Crippen LogP) is 3.93. The van der Waals surface area contributed by atoms with Gasteiger partial charge in [-0.2, -0.15) is 0 Å². The Morgan fingerprint density at radius 3 is 2.74 bits per heavy atom. The van der Waals surface area contributed by atoms with Crippen molar-refractivity contribution in [3.63, 3.8) is 0 Å². The van der Waals surface area contributed by atoms with Crippen LogP contribution in [0.2, 0.25) is 0 Å². The number of hydrogen-bond acceptors (Lipinski definition) is 4. The lowest BCUT2D eigenvalue weighted by atomic mass is 10.0. The number of anilines is 1. The van der Waals surface area contributed by atoms with Gasteiger partial charge in [-0.15, -0.1) is 11.3 Å². The third-order valence-electron chi connectivity index (χ3n) is 2.66. The molecule has 0 spiro atoms. The van der Waals surface area contributed by atoms with Crippen LogP contribution in [0.25, 0.3) is 21.8 Å². The number of halogens is 2. The first kappa shape index (κ1) is 11.9. The van der Waals surface area contributed by atoms with Gasteiger partial charge in [0.15, 0.2) is 11.6 Å². The number of nitrogens with zero attached hydrogens (tertiary/aromatic N) is 1. The van der Waals surface area contributed by atoms with E-state index >= 15 is 0 Å². The Kier molecular flexibility index (Phi) is 2.79. The molecule has 0 aliphatic heterocycles. The first-order valence-corrected chi connectivity index (χ1v) is 6.29. The van der Waals surface area contributed by atoms with Crippen molar-refractivity contribution in [2.24, 2.45) is 0 Å². The van der Waals surface area contributed by atoms with Crippen LogP contribution < -0.4 is 5.73 Å². The SMILES string of the molecule is Nc1noc(-c2cccs2)c1-c1ccc(F)cc1F. The summed E-state index contributed by atoms with van der Waals surface area (Å²) in [5.41, 5.74) is 6.24. The van der Waals surface area contributed by atoms with Crippen molar-refractivity contribution in [1.82, 2.24) is 5.16 Å². The van der Waals surface area contributed by atoms with Gasteiger partial charge in [-0.05, 0) is 23.6 Å². The molecule has 2 heterocycles. The summed E-state index contributed by atoms with van der Waals surface area (Å²) in [6, 6.07) is 6.95. The second-order valence-electron chi connectivity index (χ2n) is 3.87. The summed E-state index contributed by atoms with van der Waals surface area (Å²) in [6.07, 6.45) is 0. The van der Waals surface area contributed by atoms with Gasteiger partial charge in [0, 0.05) is 11.6 Å². The molecule has 0 saturated carbocycles. The van der Waals surface area contributed by atoms with E-state index in [-0.39, 0.29) is 11.4 Å². The summed E-state index contributed by atoms with van der Waals surface area (Å²) in [4.78, 5) is 0.780. The molecule has 0 fully saturated rings. The first-order chi connectivity index (χ1) is 9.16. The van der Waals surface area contributed by atoms with E-state index < -0.39 is 11.6 Å². The van der Waals surface area contributed by atoms with Crippen molar-refractivity contribution in [3.05, 3.63) is 47.3 Å². The van der Waals surface area contributed by atoms with E-state index in [0.29, 0.717) is 11.3 Å². The van der Waals surface area contributed by atoms with E-state index in [0.717, 1.165) is 10.9 Å². The smallest absolute Gasteiger partial charge is 0.186 e. The van der Waals surface area contributed by atoms with Crippen LogP contribution in [0.3, 0.4) is 0 Å². The molecule has 3 rings (SSSR count). The molecule has 1 aromatic carbocycles. The van der Waals surface area contributed by atoms with Crippen molar-refractivity contribution in [2.75, 3.05) is 5.73 Å². The van der Waals surface area contributed by atoms with Crippen molar-refractivity contribution in [3.8, 4) is 21.8 Å². The van der Waals surface area contributed by atoms with Crippen molar-refractivity contribution in [2.45, 2.75) is 0 Å². The highest BCUT2D eigenvalue weighted by Gasteiger charge is 2.21. The van der Waals surface area contributed by atoms with E-state index in [4.69, 9.17) is 10.3 Å². The number of benzene rings is 1. The van der Waals surface area contributed by atoms with Gasteiger partial charge in [-0.1, -0.05) is 11.2 Å². The standard InChI is InChI=1S/C13H8F2N2OS/c14-7-3-4-8(9(15)6-7)11-12(18-17-13(11)16)10-2-1-5-19-10/h1-6H,(H2,16,17). The number of hydrogen-bond donors (Lipinski definition) is 1. The van der Waals surface area contributed by atoms with Crippen LogP contribution >= 0.6 is 11.3 Å². The second-order valence-corrected chi connectivity index (χ2v) is 4.82. The molecule has 0 unspecified atom stereocenters. The lowest BCUT2D eigenvalue weighted by Crippen LogP contribution is -1.92. The monoisotopic (exact) mass is 278 g/mol. The Labute approximate surface area is 111 Å². The zero-order chi connectivity index (χ0) is 13.4. The lowest BCUT2D eigenvalue weighted by molar-refractivity contribution is 0.437. The molecule has 3 aromatic rings. The molecule has 2 N–H and O–H groups in total. The van der Waals surface area contributed by atoms with Crippen LogP contribution in [0.15, 0.2) is 40.2 Å². The maximum Gasteiger partial charge on any atom is 0.186 e. The molecule has 6 heteroatoms. The zero-order valence-corrected chi connectivity index (χ0v) is 10.4. The van der Waals surface area contributed by atoms with Crippen LogP contribution in [-0.4, -0.2) is 5.16 Å². The maximum absolute atomic E-state index is 13.9. The average molecular weight is 278 g/mol. The van der Waals surface area contributed by atoms with E-state index in [2.05, 4.69) is 5.16 Å². The summed E-state index contributed by atoms with van der Waals surface area (Å²) in [7, 11) is 0. The van der Waals surface area contributed by atoms with Gasteiger partial charge in [0.25, 0.3) is 0 Å². The summed E-state index contributed by atoms with van der Waals surface area (Å²) >= 11 is 1.42. The first-order valence-electron chi connectivity index (χ1n) is 5.41. The zero-order valence-electron chi connectivity index (χ0n) is 9.56. The predicted molar refractivity (Wildman–Crippen MR) is 69.6 cm³/mol. The minimum Gasteiger partial charge on any atom is -0.380 e. The van der Waals surface area contributed by atoms with E-state index in [1.54, 1.807) is 0 Å². The highest BCUT2D eigenvalue weighted by molar-refractivity contribution is 7.13. The summed E-state index contributed by atoms with van der Waals surface area (Å²) in [5, 5.41) is 5.52. The molecule has 0 aliphatic rings. The van der Waals surface area contributed by atoms with Crippen LogP contribution in [0, 0.1) is 11.6 Å². The average Bonchev–Trinajstić information content (AvgIpc) is 2.99. The molecule has 2 aromatic heterocycles. The van der Waals surface area contributed by atoms with Gasteiger partial charge >= 0.3 is 0 Å². The molecule has 0 bridgehead atoms. The number of thiophene rings is 1. The van der Waals surface area contributed by atoms with E-state index in [9.17, 15) is 8.78 Å². The highest BCUT2D eigenvalue weighted by Crippen LogP contribution is 2.39. The number of nitrogens with two attached hydrogens (primary N) is 1. The van der Waals surface area contributed by atoms with Crippen molar-refractivity contribution in [1.29, 1.82) is 0 Å². The third-order valence-corrected chi connectivity index (χ3v) is 3.53.